The minimum Gasteiger partial charge on any atom is -0.379 e. The minimum absolute atomic E-state index is 0.0211. The van der Waals surface area contributed by atoms with Gasteiger partial charge in [-0.2, -0.15) is 30.4 Å². The number of hydrogen-bond donors (Lipinski definition) is 1. The maximum atomic E-state index is 13.2. The maximum Gasteiger partial charge on any atom is 0.449 e. The first-order valence-electron chi connectivity index (χ1n) is 4.63. The quantitative estimate of drug-likeness (QED) is 0.439. The van der Waals surface area contributed by atoms with Gasteiger partial charge in [-0.25, -0.2) is 4.39 Å². The Morgan fingerprint density at radius 1 is 1.05 bits per heavy atom. The molecule has 0 rings (SSSR count). The van der Waals surface area contributed by atoms with E-state index >= 15 is 0 Å². The Morgan fingerprint density at radius 2 is 1.53 bits per heavy atom. The smallest absolute Gasteiger partial charge is 0.379 e. The second-order valence-corrected chi connectivity index (χ2v) is 4.64. The second kappa shape index (κ2) is 5.81. The van der Waals surface area contributed by atoms with Crippen molar-refractivity contribution < 1.29 is 48.8 Å². The highest BCUT2D eigenvalue weighted by Gasteiger charge is 2.80. The molecule has 116 valence electrons. The van der Waals surface area contributed by atoms with Gasteiger partial charge in [-0.05, 0) is 6.92 Å². The Bertz CT molecular complexity index is 393. The number of halogens is 6. The highest BCUT2D eigenvalue weighted by Crippen LogP contribution is 2.49. The largest absolute Gasteiger partial charge is 0.449 e. The molecular formula is C7H10F6O5S. The molecule has 0 saturated carbocycles. The first kappa shape index (κ1) is 18.4. The molecule has 0 radical (unpaired) electrons. The molecule has 0 aromatic carbocycles. The van der Waals surface area contributed by atoms with Gasteiger partial charge in [0.15, 0.2) is 0 Å². The zero-order valence-corrected chi connectivity index (χ0v) is 10.2. The molecule has 0 fully saturated rings. The van der Waals surface area contributed by atoms with E-state index in [1.165, 1.54) is 6.92 Å². The van der Waals surface area contributed by atoms with Crippen molar-refractivity contribution in [2.24, 2.45) is 0 Å². The van der Waals surface area contributed by atoms with Crippen LogP contribution < -0.4 is 0 Å². The van der Waals surface area contributed by atoms with E-state index in [2.05, 4.69) is 9.47 Å². The van der Waals surface area contributed by atoms with Crippen molar-refractivity contribution in [1.82, 2.24) is 0 Å². The van der Waals surface area contributed by atoms with Crippen LogP contribution in [0.15, 0.2) is 0 Å². The van der Waals surface area contributed by atoms with Gasteiger partial charge in [0.05, 0.1) is 13.2 Å². The van der Waals surface area contributed by atoms with Gasteiger partial charge in [0.25, 0.3) is 0 Å². The SMILES string of the molecule is CCOCCOC(F)(F)C(F)(C(F)(F)F)S(=O)(=O)O. The lowest BCUT2D eigenvalue weighted by molar-refractivity contribution is -0.355. The van der Waals surface area contributed by atoms with Crippen molar-refractivity contribution in [3.63, 3.8) is 0 Å². The van der Waals surface area contributed by atoms with Crippen LogP contribution in [0.2, 0.25) is 0 Å². The third-order valence-corrected chi connectivity index (χ3v) is 2.99. The Hall–Kier alpha value is -0.590. The Labute approximate surface area is 104 Å². The summed E-state index contributed by atoms with van der Waals surface area (Å²) in [7, 11) is -6.83. The predicted molar refractivity (Wildman–Crippen MR) is 48.8 cm³/mol. The summed E-state index contributed by atoms with van der Waals surface area (Å²) in [6, 6.07) is 0. The van der Waals surface area contributed by atoms with E-state index in [-0.39, 0.29) is 6.61 Å². The molecule has 12 heteroatoms. The van der Waals surface area contributed by atoms with Crippen molar-refractivity contribution in [3.8, 4) is 0 Å². The molecule has 0 bridgehead atoms. The molecule has 1 atom stereocenters. The third-order valence-electron chi connectivity index (χ3n) is 1.81. The zero-order valence-electron chi connectivity index (χ0n) is 9.38. The number of rotatable bonds is 7. The van der Waals surface area contributed by atoms with Crippen LogP contribution in [-0.4, -0.2) is 50.1 Å². The number of ether oxygens (including phenoxy) is 2. The van der Waals surface area contributed by atoms with E-state index in [1.807, 2.05) is 0 Å². The van der Waals surface area contributed by atoms with Crippen LogP contribution in [0.1, 0.15) is 6.92 Å². The van der Waals surface area contributed by atoms with Crippen LogP contribution in [0.5, 0.6) is 0 Å². The van der Waals surface area contributed by atoms with E-state index in [1.54, 1.807) is 0 Å². The van der Waals surface area contributed by atoms with E-state index in [0.717, 1.165) is 0 Å². The molecule has 0 aliphatic heterocycles. The molecule has 0 aromatic rings. The van der Waals surface area contributed by atoms with Gasteiger partial charge in [-0.1, -0.05) is 0 Å². The van der Waals surface area contributed by atoms with E-state index < -0.39 is 40.6 Å². The van der Waals surface area contributed by atoms with Crippen LogP contribution in [0, 0.1) is 0 Å². The van der Waals surface area contributed by atoms with Gasteiger partial charge in [-0.3, -0.25) is 4.55 Å². The topological polar surface area (TPSA) is 72.8 Å². The number of alkyl halides is 6. The van der Waals surface area contributed by atoms with Crippen molar-refractivity contribution in [1.29, 1.82) is 0 Å². The molecule has 1 N–H and O–H groups in total. The fraction of sp³-hybridized carbons (Fsp3) is 1.00. The van der Waals surface area contributed by atoms with E-state index in [9.17, 15) is 34.8 Å². The van der Waals surface area contributed by atoms with Crippen molar-refractivity contribution in [2.75, 3.05) is 19.8 Å². The third kappa shape index (κ3) is 3.70. The lowest BCUT2D eigenvalue weighted by Crippen LogP contribution is -2.61. The van der Waals surface area contributed by atoms with Gasteiger partial charge in [-0.15, -0.1) is 0 Å². The second-order valence-electron chi connectivity index (χ2n) is 3.13. The fourth-order valence-electron chi connectivity index (χ4n) is 0.927. The summed E-state index contributed by atoms with van der Waals surface area (Å²) < 4.78 is 112. The Kier molecular flexibility index (Phi) is 5.63. The van der Waals surface area contributed by atoms with Gasteiger partial charge >= 0.3 is 27.4 Å². The summed E-state index contributed by atoms with van der Waals surface area (Å²) in [6.45, 7) is -0.373. The molecule has 19 heavy (non-hydrogen) atoms. The van der Waals surface area contributed by atoms with Gasteiger partial charge in [0.1, 0.15) is 0 Å². The molecule has 0 heterocycles. The summed E-state index contributed by atoms with van der Waals surface area (Å²) in [5, 5.41) is -6.26. The molecule has 0 aliphatic rings. The average Bonchev–Trinajstić information content (AvgIpc) is 2.20. The first-order valence-corrected chi connectivity index (χ1v) is 6.07. The fourth-order valence-corrected chi connectivity index (χ4v) is 1.58. The van der Waals surface area contributed by atoms with Gasteiger partial charge in [0.2, 0.25) is 0 Å². The lowest BCUT2D eigenvalue weighted by atomic mass is 10.3. The maximum absolute atomic E-state index is 13.2. The summed E-state index contributed by atoms with van der Waals surface area (Å²) in [6.07, 6.45) is -12.4. The van der Waals surface area contributed by atoms with E-state index in [4.69, 9.17) is 4.55 Å². The van der Waals surface area contributed by atoms with Crippen molar-refractivity contribution in [3.05, 3.63) is 0 Å². The zero-order chi connectivity index (χ0) is 15.5. The van der Waals surface area contributed by atoms with Crippen molar-refractivity contribution >= 4 is 10.1 Å². The first-order chi connectivity index (χ1) is 8.31. The molecular weight excluding hydrogens is 310 g/mol. The number of hydrogen-bond acceptors (Lipinski definition) is 4. The summed E-state index contributed by atoms with van der Waals surface area (Å²) in [5.74, 6) is 0. The Balaban J connectivity index is 5.29. The normalized spacial score (nSPS) is 17.3. The summed E-state index contributed by atoms with van der Waals surface area (Å²) in [5.41, 5.74) is 0. The molecule has 0 saturated heterocycles. The van der Waals surface area contributed by atoms with E-state index in [0.29, 0.717) is 0 Å². The lowest BCUT2D eigenvalue weighted by Gasteiger charge is -2.31. The molecule has 0 aliphatic carbocycles. The standard InChI is InChI=1S/C7H10F6O5S/c1-2-17-3-4-18-7(12,13)5(8,6(9,10)11)19(14,15)16/h2-4H2,1H3,(H,14,15,16). The monoisotopic (exact) mass is 320 g/mol. The highest BCUT2D eigenvalue weighted by molar-refractivity contribution is 7.87. The van der Waals surface area contributed by atoms with Gasteiger partial charge < -0.3 is 9.47 Å². The molecule has 0 amide bonds. The summed E-state index contributed by atoms with van der Waals surface area (Å²) in [4.78, 5) is 0. The van der Waals surface area contributed by atoms with Crippen molar-refractivity contribution in [2.45, 2.75) is 24.2 Å². The van der Waals surface area contributed by atoms with Crippen LogP contribution in [0.25, 0.3) is 0 Å². The molecule has 0 aromatic heterocycles. The molecule has 5 nitrogen and oxygen atoms in total. The molecule has 1 unspecified atom stereocenters. The highest BCUT2D eigenvalue weighted by atomic mass is 32.2. The molecule has 0 spiro atoms. The van der Waals surface area contributed by atoms with Crippen LogP contribution >= 0.6 is 0 Å². The summed E-state index contributed by atoms with van der Waals surface area (Å²) >= 11 is 0. The average molecular weight is 320 g/mol. The Morgan fingerprint density at radius 3 is 1.84 bits per heavy atom. The predicted octanol–water partition coefficient (Wildman–Crippen LogP) is 1.75. The van der Waals surface area contributed by atoms with Gasteiger partial charge in [0, 0.05) is 6.61 Å². The van der Waals surface area contributed by atoms with Crippen LogP contribution in [-0.2, 0) is 19.6 Å². The minimum atomic E-state index is -6.83. The van der Waals surface area contributed by atoms with Crippen LogP contribution in [0.4, 0.5) is 26.3 Å². The van der Waals surface area contributed by atoms with Crippen LogP contribution in [0.3, 0.4) is 0 Å².